The molecule has 0 bridgehead atoms. The number of nitrogens with two attached hydrogens (primary N) is 1. The molecule has 0 spiro atoms. The molecule has 118 valence electrons. The maximum atomic E-state index is 5.75. The third kappa shape index (κ3) is 4.25. The van der Waals surface area contributed by atoms with E-state index in [9.17, 15) is 0 Å². The van der Waals surface area contributed by atoms with Gasteiger partial charge in [-0.1, -0.05) is 19.8 Å². The molecule has 0 aliphatic carbocycles. The predicted octanol–water partition coefficient (Wildman–Crippen LogP) is 2.60. The second-order valence-electron chi connectivity index (χ2n) is 5.00. The molecule has 6 nitrogen and oxygen atoms in total. The summed E-state index contributed by atoms with van der Waals surface area (Å²) < 4.78 is 5.20. The topological polar surface area (TPSA) is 87.8 Å². The molecule has 2 rings (SSSR count). The van der Waals surface area contributed by atoms with Crippen molar-refractivity contribution in [2.45, 2.75) is 26.2 Å². The van der Waals surface area contributed by atoms with Crippen LogP contribution in [0, 0.1) is 0 Å². The van der Waals surface area contributed by atoms with Crippen LogP contribution in [0.15, 0.2) is 34.5 Å². The Labute approximate surface area is 130 Å². The van der Waals surface area contributed by atoms with Gasteiger partial charge in [0.25, 0.3) is 0 Å². The van der Waals surface area contributed by atoms with Crippen LogP contribution in [-0.2, 0) is 0 Å². The number of methoxy groups -OCH3 is 1. The number of ether oxygens (including phenoxy) is 1. The highest BCUT2D eigenvalue weighted by atomic mass is 16.5. The molecule has 1 aromatic heterocycles. The third-order valence-electron chi connectivity index (χ3n) is 3.35. The normalized spacial score (nSPS) is 12.2. The Morgan fingerprint density at radius 2 is 2.27 bits per heavy atom. The van der Waals surface area contributed by atoms with E-state index in [0.717, 1.165) is 35.2 Å². The van der Waals surface area contributed by atoms with Gasteiger partial charge in [-0.2, -0.15) is 5.10 Å². The van der Waals surface area contributed by atoms with Gasteiger partial charge in [0.1, 0.15) is 5.75 Å². The molecule has 1 aromatic carbocycles. The molecule has 1 heterocycles. The molecular formula is C16H23N5O. The first-order chi connectivity index (χ1) is 10.7. The molecule has 4 N–H and O–H groups in total. The molecule has 0 unspecified atom stereocenters. The second kappa shape index (κ2) is 8.07. The summed E-state index contributed by atoms with van der Waals surface area (Å²) >= 11 is 0. The van der Waals surface area contributed by atoms with Crippen LogP contribution in [0.1, 0.15) is 31.7 Å². The van der Waals surface area contributed by atoms with Gasteiger partial charge >= 0.3 is 0 Å². The lowest BCUT2D eigenvalue weighted by Crippen LogP contribution is -2.27. The summed E-state index contributed by atoms with van der Waals surface area (Å²) in [5.74, 6) is 1.16. The van der Waals surface area contributed by atoms with E-state index in [1.807, 2.05) is 24.4 Å². The zero-order chi connectivity index (χ0) is 15.8. The maximum Gasteiger partial charge on any atom is 0.209 e. The van der Waals surface area contributed by atoms with Crippen LogP contribution in [0.3, 0.4) is 0 Å². The fourth-order valence-corrected chi connectivity index (χ4v) is 2.13. The lowest BCUT2D eigenvalue weighted by atomic mass is 10.2. The lowest BCUT2D eigenvalue weighted by molar-refractivity contribution is 0.415. The number of aromatic nitrogens is 1. The molecule has 0 saturated carbocycles. The minimum Gasteiger partial charge on any atom is -0.497 e. The van der Waals surface area contributed by atoms with Crippen LogP contribution in [0.2, 0.25) is 0 Å². The average Bonchev–Trinajstić information content (AvgIpc) is 2.94. The first-order valence-corrected chi connectivity index (χ1v) is 7.48. The number of hydrogen-bond donors (Lipinski definition) is 3. The summed E-state index contributed by atoms with van der Waals surface area (Å²) in [5.41, 5.74) is 10.5. The number of aliphatic imine (C=N–C) groups is 1. The van der Waals surface area contributed by atoms with Crippen molar-refractivity contribution in [1.82, 2.24) is 10.4 Å². The van der Waals surface area contributed by atoms with Gasteiger partial charge in [-0.3, -0.25) is 4.99 Å². The monoisotopic (exact) mass is 301 g/mol. The summed E-state index contributed by atoms with van der Waals surface area (Å²) in [6.07, 6.45) is 7.00. The van der Waals surface area contributed by atoms with E-state index in [1.54, 1.807) is 13.3 Å². The van der Waals surface area contributed by atoms with Crippen molar-refractivity contribution in [1.29, 1.82) is 0 Å². The molecule has 0 saturated heterocycles. The van der Waals surface area contributed by atoms with Gasteiger partial charge in [-0.05, 0) is 18.6 Å². The third-order valence-corrected chi connectivity index (χ3v) is 3.35. The van der Waals surface area contributed by atoms with Gasteiger partial charge in [-0.15, -0.1) is 0 Å². The fourth-order valence-electron chi connectivity index (χ4n) is 2.13. The Bertz CT molecular complexity index is 660. The quantitative estimate of drug-likeness (QED) is 0.318. The maximum absolute atomic E-state index is 5.75. The Hall–Kier alpha value is -2.50. The number of unbranched alkanes of at least 4 members (excludes halogenated alkanes) is 2. The first-order valence-electron chi connectivity index (χ1n) is 7.48. The number of aromatic amines is 1. The number of nitrogens with one attached hydrogen (secondary N) is 2. The number of rotatable bonds is 7. The van der Waals surface area contributed by atoms with Crippen molar-refractivity contribution in [3.63, 3.8) is 0 Å². The molecule has 0 amide bonds. The predicted molar refractivity (Wildman–Crippen MR) is 91.6 cm³/mol. The summed E-state index contributed by atoms with van der Waals surface area (Å²) in [6, 6.07) is 5.86. The van der Waals surface area contributed by atoms with Crippen LogP contribution in [0.4, 0.5) is 0 Å². The largest absolute Gasteiger partial charge is 0.497 e. The van der Waals surface area contributed by atoms with Crippen molar-refractivity contribution in [3.8, 4) is 5.75 Å². The van der Waals surface area contributed by atoms with Gasteiger partial charge < -0.3 is 15.5 Å². The molecule has 0 aliphatic rings. The summed E-state index contributed by atoms with van der Waals surface area (Å²) in [7, 11) is 1.65. The second-order valence-corrected chi connectivity index (χ2v) is 5.00. The average molecular weight is 301 g/mol. The van der Waals surface area contributed by atoms with Crippen LogP contribution >= 0.6 is 0 Å². The highest BCUT2D eigenvalue weighted by Gasteiger charge is 2.02. The van der Waals surface area contributed by atoms with E-state index in [1.165, 1.54) is 12.8 Å². The number of benzene rings is 1. The number of H-pyrrole nitrogens is 1. The van der Waals surface area contributed by atoms with Crippen molar-refractivity contribution in [2.24, 2.45) is 15.8 Å². The lowest BCUT2D eigenvalue weighted by Gasteiger charge is -2.00. The van der Waals surface area contributed by atoms with Crippen LogP contribution in [0.25, 0.3) is 10.9 Å². The minimum absolute atomic E-state index is 0.342. The van der Waals surface area contributed by atoms with Crippen LogP contribution in [0.5, 0.6) is 5.75 Å². The van der Waals surface area contributed by atoms with E-state index < -0.39 is 0 Å². The standard InChI is InChI=1S/C16H23N5O/c1-3-4-5-8-18-16(17)21-20-11-12-10-19-15-9-13(22-2)6-7-14(12)15/h6-7,9-11,19H,3-5,8H2,1-2H3,(H3,17,18,21)/b20-11-. The molecule has 2 aromatic rings. The van der Waals surface area contributed by atoms with E-state index in [0.29, 0.717) is 5.96 Å². The SMILES string of the molecule is CCCCCN=C(N)N/N=C\c1c[nH]c2cc(OC)ccc12. The molecule has 6 heteroatoms. The van der Waals surface area contributed by atoms with E-state index in [2.05, 4.69) is 27.4 Å². The number of hydrogen-bond acceptors (Lipinski definition) is 3. The van der Waals surface area contributed by atoms with Crippen LogP contribution < -0.4 is 15.9 Å². The van der Waals surface area contributed by atoms with Gasteiger partial charge in [0.2, 0.25) is 5.96 Å². The number of guanidine groups is 1. The zero-order valence-corrected chi connectivity index (χ0v) is 13.1. The van der Waals surface area contributed by atoms with Crippen LogP contribution in [-0.4, -0.2) is 30.8 Å². The smallest absolute Gasteiger partial charge is 0.209 e. The first kappa shape index (κ1) is 15.9. The van der Waals surface area contributed by atoms with Crippen molar-refractivity contribution < 1.29 is 4.74 Å². The molecule has 0 atom stereocenters. The molecule has 22 heavy (non-hydrogen) atoms. The molecular weight excluding hydrogens is 278 g/mol. The summed E-state index contributed by atoms with van der Waals surface area (Å²) in [4.78, 5) is 7.40. The van der Waals surface area contributed by atoms with Gasteiger partial charge in [-0.25, -0.2) is 5.43 Å². The van der Waals surface area contributed by atoms with E-state index >= 15 is 0 Å². The summed E-state index contributed by atoms with van der Waals surface area (Å²) in [6.45, 7) is 2.89. The van der Waals surface area contributed by atoms with E-state index in [-0.39, 0.29) is 0 Å². The minimum atomic E-state index is 0.342. The highest BCUT2D eigenvalue weighted by molar-refractivity contribution is 5.99. The Morgan fingerprint density at radius 3 is 3.05 bits per heavy atom. The van der Waals surface area contributed by atoms with Gasteiger partial charge in [0.05, 0.1) is 13.3 Å². The van der Waals surface area contributed by atoms with Crippen molar-refractivity contribution in [3.05, 3.63) is 30.0 Å². The Kier molecular flexibility index (Phi) is 5.82. The summed E-state index contributed by atoms with van der Waals surface area (Å²) in [5, 5.41) is 5.20. The highest BCUT2D eigenvalue weighted by Crippen LogP contribution is 2.21. The number of hydrazone groups is 1. The van der Waals surface area contributed by atoms with Gasteiger partial charge in [0, 0.05) is 35.3 Å². The Balaban J connectivity index is 1.95. The number of fused-ring (bicyclic) bond motifs is 1. The van der Waals surface area contributed by atoms with Gasteiger partial charge in [0.15, 0.2) is 0 Å². The van der Waals surface area contributed by atoms with E-state index in [4.69, 9.17) is 10.5 Å². The molecule has 0 aliphatic heterocycles. The zero-order valence-electron chi connectivity index (χ0n) is 13.1. The molecule has 0 radical (unpaired) electrons. The molecule has 0 fully saturated rings. The fraction of sp³-hybridized carbons (Fsp3) is 0.375. The van der Waals surface area contributed by atoms with Crippen molar-refractivity contribution in [2.75, 3.05) is 13.7 Å². The van der Waals surface area contributed by atoms with Crippen molar-refractivity contribution >= 4 is 23.1 Å². The number of nitrogens with zero attached hydrogens (tertiary/aromatic N) is 2. The Morgan fingerprint density at radius 1 is 1.41 bits per heavy atom.